The number of benzene rings is 1. The largest absolute Gasteiger partial charge is 0.338 e. The van der Waals surface area contributed by atoms with Gasteiger partial charge in [-0.25, -0.2) is 4.79 Å². The summed E-state index contributed by atoms with van der Waals surface area (Å²) in [6.45, 7) is 6.02. The third kappa shape index (κ3) is 3.27. The van der Waals surface area contributed by atoms with Crippen molar-refractivity contribution in [3.05, 3.63) is 59.9 Å². The summed E-state index contributed by atoms with van der Waals surface area (Å²) in [5.41, 5.74) is 2.81. The number of amides is 3. The van der Waals surface area contributed by atoms with Crippen LogP contribution in [0.4, 0.5) is 10.5 Å². The van der Waals surface area contributed by atoms with Crippen LogP contribution >= 0.6 is 0 Å². The van der Waals surface area contributed by atoms with Gasteiger partial charge in [-0.15, -0.1) is 0 Å². The molecule has 1 atom stereocenters. The highest BCUT2D eigenvalue weighted by molar-refractivity contribution is 5.95. The fourth-order valence-electron chi connectivity index (χ4n) is 3.97. The number of carbonyl (C=O) groups excluding carboxylic acids is 2. The lowest BCUT2D eigenvalue weighted by Gasteiger charge is -2.42. The fraction of sp³-hybridized carbons (Fsp3) is 0.381. The zero-order chi connectivity index (χ0) is 19.0. The molecule has 1 saturated heterocycles. The van der Waals surface area contributed by atoms with Gasteiger partial charge in [0.1, 0.15) is 0 Å². The van der Waals surface area contributed by atoms with E-state index in [9.17, 15) is 9.59 Å². The maximum atomic E-state index is 12.6. The van der Waals surface area contributed by atoms with Gasteiger partial charge in [0.05, 0.1) is 5.56 Å². The third-order valence-corrected chi connectivity index (χ3v) is 5.34. The Hall–Kier alpha value is -2.89. The maximum absolute atomic E-state index is 12.6. The molecule has 3 amide bonds. The number of hydrogen-bond acceptors (Lipinski definition) is 3. The summed E-state index contributed by atoms with van der Waals surface area (Å²) in [4.78, 5) is 32.9. The molecule has 1 fully saturated rings. The van der Waals surface area contributed by atoms with E-state index in [2.05, 4.69) is 16.4 Å². The SMILES string of the molecule is CC(C)NC(=O)N1C[C@H](C2CN(C(=O)c3cccnc3)C2)c2ccccc21. The standard InChI is InChI=1S/C21H24N4O2/c1-14(2)23-21(27)25-13-18(17-7-3-4-8-19(17)25)16-11-24(12-16)20(26)15-6-5-9-22-10-15/h3-10,14,16,18H,11-13H2,1-2H3,(H,23,27)/t18-/m1/s1. The molecule has 27 heavy (non-hydrogen) atoms. The van der Waals surface area contributed by atoms with E-state index in [1.807, 2.05) is 41.8 Å². The van der Waals surface area contributed by atoms with Gasteiger partial charge in [0.25, 0.3) is 5.91 Å². The lowest BCUT2D eigenvalue weighted by molar-refractivity contribution is 0.0456. The van der Waals surface area contributed by atoms with Crippen LogP contribution in [0.15, 0.2) is 48.8 Å². The van der Waals surface area contributed by atoms with Crippen LogP contribution in [0, 0.1) is 5.92 Å². The Balaban J connectivity index is 1.46. The molecule has 0 radical (unpaired) electrons. The second kappa shape index (κ2) is 7.02. The zero-order valence-corrected chi connectivity index (χ0v) is 15.6. The summed E-state index contributed by atoms with van der Waals surface area (Å²) in [6, 6.07) is 11.7. The lowest BCUT2D eigenvalue weighted by Crippen LogP contribution is -2.53. The molecule has 0 bridgehead atoms. The van der Waals surface area contributed by atoms with E-state index in [1.54, 1.807) is 24.5 Å². The highest BCUT2D eigenvalue weighted by Crippen LogP contribution is 2.43. The second-order valence-corrected chi connectivity index (χ2v) is 7.59. The second-order valence-electron chi connectivity index (χ2n) is 7.59. The molecule has 6 heteroatoms. The number of aromatic nitrogens is 1. The topological polar surface area (TPSA) is 65.5 Å². The normalized spacial score (nSPS) is 19.0. The van der Waals surface area contributed by atoms with Gasteiger partial charge in [-0.3, -0.25) is 14.7 Å². The Labute approximate surface area is 159 Å². The summed E-state index contributed by atoms with van der Waals surface area (Å²) < 4.78 is 0. The highest BCUT2D eigenvalue weighted by atomic mass is 16.2. The number of rotatable bonds is 3. The molecule has 0 unspecified atom stereocenters. The number of urea groups is 1. The molecule has 2 aliphatic rings. The minimum absolute atomic E-state index is 0.0278. The molecular weight excluding hydrogens is 340 g/mol. The number of nitrogens with one attached hydrogen (secondary N) is 1. The number of hydrogen-bond donors (Lipinski definition) is 1. The minimum Gasteiger partial charge on any atom is -0.338 e. The van der Waals surface area contributed by atoms with E-state index in [1.165, 1.54) is 5.56 Å². The fourth-order valence-corrected chi connectivity index (χ4v) is 3.97. The van der Waals surface area contributed by atoms with Crippen molar-refractivity contribution in [3.8, 4) is 0 Å². The predicted molar refractivity (Wildman–Crippen MR) is 104 cm³/mol. The van der Waals surface area contributed by atoms with Crippen molar-refractivity contribution in [1.82, 2.24) is 15.2 Å². The van der Waals surface area contributed by atoms with Gasteiger partial charge in [-0.05, 0) is 37.6 Å². The van der Waals surface area contributed by atoms with Gasteiger partial charge in [0.15, 0.2) is 0 Å². The molecule has 1 aromatic carbocycles. The Morgan fingerprint density at radius 2 is 1.89 bits per heavy atom. The van der Waals surface area contributed by atoms with E-state index in [0.717, 1.165) is 5.69 Å². The molecule has 3 heterocycles. The Bertz CT molecular complexity index is 846. The summed E-state index contributed by atoms with van der Waals surface area (Å²) in [6.07, 6.45) is 3.28. The monoisotopic (exact) mass is 364 g/mol. The third-order valence-electron chi connectivity index (χ3n) is 5.34. The van der Waals surface area contributed by atoms with Crippen LogP contribution in [0.5, 0.6) is 0 Å². The summed E-state index contributed by atoms with van der Waals surface area (Å²) in [7, 11) is 0. The van der Waals surface area contributed by atoms with Crippen LogP contribution in [0.1, 0.15) is 35.7 Å². The Morgan fingerprint density at radius 1 is 1.11 bits per heavy atom. The zero-order valence-electron chi connectivity index (χ0n) is 15.6. The summed E-state index contributed by atoms with van der Waals surface area (Å²) in [5.74, 6) is 0.653. The summed E-state index contributed by atoms with van der Waals surface area (Å²) >= 11 is 0. The van der Waals surface area contributed by atoms with Gasteiger partial charge in [-0.1, -0.05) is 18.2 Å². The van der Waals surface area contributed by atoms with E-state index >= 15 is 0 Å². The van der Waals surface area contributed by atoms with E-state index in [4.69, 9.17) is 0 Å². The van der Waals surface area contributed by atoms with Gasteiger partial charge in [0, 0.05) is 55.6 Å². The van der Waals surface area contributed by atoms with Crippen LogP contribution in [0.3, 0.4) is 0 Å². The first-order valence-corrected chi connectivity index (χ1v) is 9.41. The van der Waals surface area contributed by atoms with Crippen molar-refractivity contribution in [2.45, 2.75) is 25.8 Å². The number of carbonyl (C=O) groups is 2. The smallest absolute Gasteiger partial charge is 0.322 e. The van der Waals surface area contributed by atoms with Crippen molar-refractivity contribution >= 4 is 17.6 Å². The van der Waals surface area contributed by atoms with Crippen molar-refractivity contribution in [2.24, 2.45) is 5.92 Å². The molecular formula is C21H24N4O2. The number of fused-ring (bicyclic) bond motifs is 1. The van der Waals surface area contributed by atoms with Crippen molar-refractivity contribution in [2.75, 3.05) is 24.5 Å². The molecule has 4 rings (SSSR count). The number of likely N-dealkylation sites (tertiary alicyclic amines) is 1. The molecule has 1 aromatic heterocycles. The van der Waals surface area contributed by atoms with Crippen molar-refractivity contribution in [3.63, 3.8) is 0 Å². The molecule has 0 spiro atoms. The van der Waals surface area contributed by atoms with Gasteiger partial charge in [-0.2, -0.15) is 0 Å². The lowest BCUT2D eigenvalue weighted by atomic mass is 9.82. The van der Waals surface area contributed by atoms with Gasteiger partial charge < -0.3 is 10.2 Å². The number of nitrogens with zero attached hydrogens (tertiary/aromatic N) is 3. The molecule has 6 nitrogen and oxygen atoms in total. The van der Waals surface area contributed by atoms with E-state index < -0.39 is 0 Å². The van der Waals surface area contributed by atoms with E-state index in [-0.39, 0.29) is 23.9 Å². The Morgan fingerprint density at radius 3 is 2.59 bits per heavy atom. The maximum Gasteiger partial charge on any atom is 0.322 e. The van der Waals surface area contributed by atoms with Crippen molar-refractivity contribution < 1.29 is 9.59 Å². The number of anilines is 1. The average molecular weight is 364 g/mol. The van der Waals surface area contributed by atoms with Crippen LogP contribution in [0.2, 0.25) is 0 Å². The number of para-hydroxylation sites is 1. The average Bonchev–Trinajstić information content (AvgIpc) is 3.00. The molecule has 1 N–H and O–H groups in total. The van der Waals surface area contributed by atoms with Crippen LogP contribution in [-0.2, 0) is 0 Å². The first-order chi connectivity index (χ1) is 13.0. The van der Waals surface area contributed by atoms with Crippen LogP contribution < -0.4 is 10.2 Å². The molecule has 0 saturated carbocycles. The van der Waals surface area contributed by atoms with Gasteiger partial charge >= 0.3 is 6.03 Å². The predicted octanol–water partition coefficient (Wildman–Crippen LogP) is 2.88. The highest BCUT2D eigenvalue weighted by Gasteiger charge is 2.43. The number of pyridine rings is 1. The molecule has 0 aliphatic carbocycles. The van der Waals surface area contributed by atoms with Crippen molar-refractivity contribution in [1.29, 1.82) is 0 Å². The first kappa shape index (κ1) is 17.5. The Kier molecular flexibility index (Phi) is 4.56. The van der Waals surface area contributed by atoms with E-state index in [0.29, 0.717) is 31.1 Å². The quantitative estimate of drug-likeness (QED) is 0.911. The minimum atomic E-state index is -0.0532. The van der Waals surface area contributed by atoms with Crippen LogP contribution in [-0.4, -0.2) is 47.5 Å². The molecule has 2 aromatic rings. The molecule has 2 aliphatic heterocycles. The summed E-state index contributed by atoms with van der Waals surface area (Å²) in [5, 5.41) is 2.99. The molecule has 140 valence electrons. The first-order valence-electron chi connectivity index (χ1n) is 9.41. The van der Waals surface area contributed by atoms with Gasteiger partial charge in [0.2, 0.25) is 0 Å². The van der Waals surface area contributed by atoms with Crippen LogP contribution in [0.25, 0.3) is 0 Å².